The second-order valence-electron chi connectivity index (χ2n) is 6.35. The number of hydrogen-bond donors (Lipinski definition) is 0. The molecule has 3 nitrogen and oxygen atoms in total. The number of carbonyl (C=O) groups is 1. The highest BCUT2D eigenvalue weighted by molar-refractivity contribution is 6.31. The fourth-order valence-electron chi connectivity index (χ4n) is 3.84. The summed E-state index contributed by atoms with van der Waals surface area (Å²) >= 11 is 6.42. The maximum Gasteiger partial charge on any atom is 0.338 e. The van der Waals surface area contributed by atoms with Gasteiger partial charge in [0.2, 0.25) is 0 Å². The molecule has 24 heavy (non-hydrogen) atoms. The number of methoxy groups -OCH3 is 1. The molecular weight excluding hydrogens is 324 g/mol. The molecule has 4 rings (SSSR count). The van der Waals surface area contributed by atoms with Crippen molar-refractivity contribution in [3.8, 4) is 11.5 Å². The molecule has 0 radical (unpaired) electrons. The molecule has 0 aliphatic heterocycles. The molecule has 2 aliphatic rings. The number of fused-ring (bicyclic) bond motifs is 6. The van der Waals surface area contributed by atoms with E-state index in [1.54, 1.807) is 14.0 Å². The van der Waals surface area contributed by atoms with Crippen LogP contribution < -0.4 is 9.47 Å². The molecule has 0 heterocycles. The van der Waals surface area contributed by atoms with Crippen LogP contribution >= 0.6 is 11.6 Å². The lowest BCUT2D eigenvalue weighted by molar-refractivity contribution is -0.130. The number of carbonyl (C=O) groups excluding carboxylic acids is 1. The number of esters is 1. The Balaban J connectivity index is 2.05. The van der Waals surface area contributed by atoms with E-state index in [0.717, 1.165) is 39.1 Å². The third-order valence-corrected chi connectivity index (χ3v) is 5.23. The molecule has 2 aliphatic carbocycles. The topological polar surface area (TPSA) is 35.5 Å². The van der Waals surface area contributed by atoms with Crippen LogP contribution in [0.4, 0.5) is 0 Å². The Morgan fingerprint density at radius 1 is 1.21 bits per heavy atom. The molecule has 2 aromatic rings. The van der Waals surface area contributed by atoms with E-state index in [4.69, 9.17) is 21.1 Å². The van der Waals surface area contributed by atoms with Crippen LogP contribution in [-0.4, -0.2) is 13.1 Å². The van der Waals surface area contributed by atoms with Crippen molar-refractivity contribution in [2.45, 2.75) is 25.2 Å². The summed E-state index contributed by atoms with van der Waals surface area (Å²) in [4.78, 5) is 12.2. The maximum absolute atomic E-state index is 12.2. The number of ether oxygens (including phenoxy) is 2. The molecule has 0 aromatic heterocycles. The highest BCUT2D eigenvalue weighted by Crippen LogP contribution is 2.61. The average Bonchev–Trinajstić information content (AvgIpc) is 3.12. The van der Waals surface area contributed by atoms with Crippen molar-refractivity contribution in [1.29, 1.82) is 0 Å². The molecule has 0 amide bonds. The molecule has 122 valence electrons. The third-order valence-electron chi connectivity index (χ3n) is 4.85. The van der Waals surface area contributed by atoms with Crippen LogP contribution in [-0.2, 0) is 4.79 Å². The van der Waals surface area contributed by atoms with Crippen molar-refractivity contribution >= 4 is 28.3 Å². The third kappa shape index (κ3) is 2.01. The van der Waals surface area contributed by atoms with E-state index in [1.807, 2.05) is 24.3 Å². The summed E-state index contributed by atoms with van der Waals surface area (Å²) in [6.45, 7) is 5.33. The standard InChI is InChI=1S/C20H17ClO3/c1-10(2)20(22)24-19-13-7-5-4-6-12(13)18(23-3)16-11-8-14(17(16)19)15(21)9-11/h4-7,9,11,14H,1,8H2,2-3H3. The van der Waals surface area contributed by atoms with Gasteiger partial charge in [-0.05, 0) is 13.3 Å². The molecule has 2 atom stereocenters. The first-order valence-electron chi connectivity index (χ1n) is 7.90. The van der Waals surface area contributed by atoms with E-state index in [2.05, 4.69) is 12.7 Å². The number of allylic oxidation sites excluding steroid dienone is 2. The van der Waals surface area contributed by atoms with Gasteiger partial charge in [0.05, 0.1) is 7.11 Å². The fraction of sp³-hybridized carbons (Fsp3) is 0.250. The van der Waals surface area contributed by atoms with Crippen LogP contribution in [0.25, 0.3) is 10.8 Å². The molecule has 4 heteroatoms. The van der Waals surface area contributed by atoms with Crippen molar-refractivity contribution in [2.24, 2.45) is 0 Å². The molecular formula is C20H17ClO3. The van der Waals surface area contributed by atoms with Crippen molar-refractivity contribution in [2.75, 3.05) is 7.11 Å². The SMILES string of the molecule is C=C(C)C(=O)Oc1c2c(c(OC)c3ccccc13)C1C=C(Cl)C2C1. The van der Waals surface area contributed by atoms with Crippen LogP contribution in [0.15, 0.2) is 47.5 Å². The zero-order chi connectivity index (χ0) is 17.0. The summed E-state index contributed by atoms with van der Waals surface area (Å²) in [5, 5.41) is 2.62. The van der Waals surface area contributed by atoms with Gasteiger partial charge in [0.1, 0.15) is 11.5 Å². The summed E-state index contributed by atoms with van der Waals surface area (Å²) in [7, 11) is 1.68. The van der Waals surface area contributed by atoms with Crippen LogP contribution in [0.2, 0.25) is 0 Å². The molecule has 0 spiro atoms. The minimum atomic E-state index is -0.421. The quantitative estimate of drug-likeness (QED) is 0.446. The van der Waals surface area contributed by atoms with Gasteiger partial charge in [0.25, 0.3) is 0 Å². The minimum absolute atomic E-state index is 0.0677. The van der Waals surface area contributed by atoms with E-state index in [0.29, 0.717) is 11.3 Å². The Bertz CT molecular complexity index is 926. The highest BCUT2D eigenvalue weighted by atomic mass is 35.5. The molecule has 0 fully saturated rings. The van der Waals surface area contributed by atoms with Crippen LogP contribution in [0.1, 0.15) is 36.3 Å². The first kappa shape index (κ1) is 15.3. The Morgan fingerprint density at radius 3 is 2.50 bits per heavy atom. The van der Waals surface area contributed by atoms with Gasteiger partial charge in [-0.25, -0.2) is 4.79 Å². The second-order valence-corrected chi connectivity index (χ2v) is 6.79. The van der Waals surface area contributed by atoms with Crippen LogP contribution in [0.3, 0.4) is 0 Å². The highest BCUT2D eigenvalue weighted by Gasteiger charge is 2.43. The lowest BCUT2D eigenvalue weighted by Crippen LogP contribution is -2.12. The van der Waals surface area contributed by atoms with Gasteiger partial charge < -0.3 is 9.47 Å². The molecule has 2 bridgehead atoms. The molecule has 0 saturated carbocycles. The molecule has 0 saturated heterocycles. The first-order valence-corrected chi connectivity index (χ1v) is 8.28. The summed E-state index contributed by atoms with van der Waals surface area (Å²) in [5.41, 5.74) is 2.45. The summed E-state index contributed by atoms with van der Waals surface area (Å²) in [6, 6.07) is 7.82. The summed E-state index contributed by atoms with van der Waals surface area (Å²) in [5.74, 6) is 1.30. The predicted octanol–water partition coefficient (Wildman–Crippen LogP) is 5.04. The van der Waals surface area contributed by atoms with Crippen LogP contribution in [0.5, 0.6) is 11.5 Å². The Morgan fingerprint density at radius 2 is 1.88 bits per heavy atom. The number of benzene rings is 2. The van der Waals surface area contributed by atoms with Crippen molar-refractivity contribution in [3.63, 3.8) is 0 Å². The van der Waals surface area contributed by atoms with Gasteiger partial charge in [0.15, 0.2) is 0 Å². The zero-order valence-electron chi connectivity index (χ0n) is 13.6. The van der Waals surface area contributed by atoms with E-state index >= 15 is 0 Å². The van der Waals surface area contributed by atoms with Crippen molar-refractivity contribution < 1.29 is 14.3 Å². The zero-order valence-corrected chi connectivity index (χ0v) is 14.3. The molecule has 0 N–H and O–H groups in total. The van der Waals surface area contributed by atoms with Gasteiger partial charge in [-0.2, -0.15) is 0 Å². The summed E-state index contributed by atoms with van der Waals surface area (Å²) in [6.07, 6.45) is 2.98. The Kier molecular flexibility index (Phi) is 3.43. The average molecular weight is 341 g/mol. The van der Waals surface area contributed by atoms with E-state index < -0.39 is 5.97 Å². The Labute approximate surface area is 145 Å². The van der Waals surface area contributed by atoms with Crippen molar-refractivity contribution in [3.05, 3.63) is 58.7 Å². The van der Waals surface area contributed by atoms with Gasteiger partial charge in [0, 0.05) is 44.3 Å². The lowest BCUT2D eigenvalue weighted by Gasteiger charge is -2.22. The lowest BCUT2D eigenvalue weighted by atomic mass is 9.90. The van der Waals surface area contributed by atoms with E-state index in [1.165, 1.54) is 0 Å². The van der Waals surface area contributed by atoms with Gasteiger partial charge >= 0.3 is 5.97 Å². The first-order chi connectivity index (χ1) is 11.5. The number of rotatable bonds is 3. The summed E-state index contributed by atoms with van der Waals surface area (Å²) < 4.78 is 11.5. The van der Waals surface area contributed by atoms with Gasteiger partial charge in [-0.3, -0.25) is 0 Å². The van der Waals surface area contributed by atoms with Crippen LogP contribution in [0, 0.1) is 0 Å². The van der Waals surface area contributed by atoms with Gasteiger partial charge in [-0.15, -0.1) is 0 Å². The number of hydrogen-bond acceptors (Lipinski definition) is 3. The van der Waals surface area contributed by atoms with E-state index in [-0.39, 0.29) is 11.8 Å². The Hall–Kier alpha value is -2.26. The maximum atomic E-state index is 12.2. The number of halogens is 1. The normalized spacial score (nSPS) is 20.7. The molecule has 2 unspecified atom stereocenters. The monoisotopic (exact) mass is 340 g/mol. The minimum Gasteiger partial charge on any atom is -0.496 e. The fourth-order valence-corrected chi connectivity index (χ4v) is 4.19. The largest absolute Gasteiger partial charge is 0.496 e. The molecule has 2 aromatic carbocycles. The van der Waals surface area contributed by atoms with Gasteiger partial charge in [-0.1, -0.05) is 48.5 Å². The van der Waals surface area contributed by atoms with E-state index in [9.17, 15) is 4.79 Å². The second kappa shape index (κ2) is 5.38. The predicted molar refractivity (Wildman–Crippen MR) is 95.0 cm³/mol. The smallest absolute Gasteiger partial charge is 0.338 e. The van der Waals surface area contributed by atoms with Crippen molar-refractivity contribution in [1.82, 2.24) is 0 Å².